The highest BCUT2D eigenvalue weighted by atomic mass is 19.1. The second kappa shape index (κ2) is 7.12. The Morgan fingerprint density at radius 2 is 1.88 bits per heavy atom. The van der Waals surface area contributed by atoms with E-state index >= 15 is 0 Å². The van der Waals surface area contributed by atoms with E-state index in [1.54, 1.807) is 4.57 Å². The molecule has 1 heterocycles. The van der Waals surface area contributed by atoms with Crippen LogP contribution in [0.25, 0.3) is 11.0 Å². The number of hydrogen-bond donors (Lipinski definition) is 1. The molecule has 0 radical (unpaired) electrons. The first kappa shape index (κ1) is 16.6. The number of halogens is 1. The Morgan fingerprint density at radius 1 is 1.16 bits per heavy atom. The number of benzene rings is 2. The molecule has 1 amide bonds. The van der Waals surface area contributed by atoms with Crippen LogP contribution >= 0.6 is 0 Å². The summed E-state index contributed by atoms with van der Waals surface area (Å²) in [6.45, 7) is 0.126. The number of aromatic nitrogens is 2. The van der Waals surface area contributed by atoms with Gasteiger partial charge in [0, 0.05) is 5.56 Å². The van der Waals surface area contributed by atoms with Crippen LogP contribution in [0.4, 0.5) is 4.39 Å². The zero-order valence-electron chi connectivity index (χ0n) is 13.5. The van der Waals surface area contributed by atoms with Gasteiger partial charge in [-0.3, -0.25) is 9.59 Å². The molecule has 3 rings (SSSR count). The van der Waals surface area contributed by atoms with Gasteiger partial charge in [0.1, 0.15) is 18.2 Å². The monoisotopic (exact) mass is 341 g/mol. The number of amides is 1. The Hall–Kier alpha value is -3.22. The molecular weight excluding hydrogens is 325 g/mol. The number of carbonyl (C=O) groups is 2. The van der Waals surface area contributed by atoms with Crippen LogP contribution in [-0.4, -0.2) is 28.5 Å². The summed E-state index contributed by atoms with van der Waals surface area (Å²) in [7, 11) is 1.32. The van der Waals surface area contributed by atoms with E-state index in [-0.39, 0.29) is 19.0 Å². The number of fused-ring (bicyclic) bond motifs is 1. The first-order valence-electron chi connectivity index (χ1n) is 7.63. The molecular formula is C18H16FN3O3. The number of rotatable bonds is 5. The molecule has 0 spiro atoms. The fourth-order valence-electron chi connectivity index (χ4n) is 2.49. The number of esters is 1. The SMILES string of the molecule is COC(=O)Cn1c(CNC(=O)c2ccc(F)cc2)nc2ccccc21. The molecule has 2 aromatic carbocycles. The van der Waals surface area contributed by atoms with Crippen molar-refractivity contribution in [3.05, 3.63) is 65.7 Å². The van der Waals surface area contributed by atoms with Gasteiger partial charge in [0.05, 0.1) is 24.7 Å². The fraction of sp³-hybridized carbons (Fsp3) is 0.167. The quantitative estimate of drug-likeness (QED) is 0.723. The molecule has 7 heteroatoms. The van der Waals surface area contributed by atoms with Crippen molar-refractivity contribution in [2.24, 2.45) is 0 Å². The molecule has 0 aliphatic carbocycles. The van der Waals surface area contributed by atoms with Crippen LogP contribution in [0.2, 0.25) is 0 Å². The van der Waals surface area contributed by atoms with Gasteiger partial charge in [0.2, 0.25) is 0 Å². The van der Waals surface area contributed by atoms with Crippen molar-refractivity contribution >= 4 is 22.9 Å². The minimum Gasteiger partial charge on any atom is -0.468 e. The second-order valence-corrected chi connectivity index (χ2v) is 5.37. The van der Waals surface area contributed by atoms with Crippen LogP contribution in [-0.2, 0) is 22.6 Å². The molecule has 128 valence electrons. The average Bonchev–Trinajstić information content (AvgIpc) is 2.98. The van der Waals surface area contributed by atoms with E-state index in [1.165, 1.54) is 31.4 Å². The fourth-order valence-corrected chi connectivity index (χ4v) is 2.49. The van der Waals surface area contributed by atoms with Crippen molar-refractivity contribution in [1.82, 2.24) is 14.9 Å². The van der Waals surface area contributed by atoms with E-state index in [4.69, 9.17) is 4.74 Å². The summed E-state index contributed by atoms with van der Waals surface area (Å²) in [4.78, 5) is 28.3. The maximum Gasteiger partial charge on any atom is 0.325 e. The van der Waals surface area contributed by atoms with E-state index in [0.29, 0.717) is 11.4 Å². The summed E-state index contributed by atoms with van der Waals surface area (Å²) >= 11 is 0. The van der Waals surface area contributed by atoms with Crippen LogP contribution in [0.3, 0.4) is 0 Å². The highest BCUT2D eigenvalue weighted by Crippen LogP contribution is 2.16. The van der Waals surface area contributed by atoms with Gasteiger partial charge < -0.3 is 14.6 Å². The van der Waals surface area contributed by atoms with E-state index < -0.39 is 11.8 Å². The normalized spacial score (nSPS) is 10.6. The third-order valence-corrected chi connectivity index (χ3v) is 3.76. The minimum atomic E-state index is -0.408. The highest BCUT2D eigenvalue weighted by Gasteiger charge is 2.15. The lowest BCUT2D eigenvalue weighted by Crippen LogP contribution is -2.25. The molecule has 0 fully saturated rings. The molecule has 0 saturated heterocycles. The summed E-state index contributed by atoms with van der Waals surface area (Å²) in [5.41, 5.74) is 1.84. The summed E-state index contributed by atoms with van der Waals surface area (Å²) < 4.78 is 19.4. The minimum absolute atomic E-state index is 0.00122. The van der Waals surface area contributed by atoms with Crippen LogP contribution in [0.1, 0.15) is 16.2 Å². The number of carbonyl (C=O) groups excluding carboxylic acids is 2. The van der Waals surface area contributed by atoms with Gasteiger partial charge in [-0.2, -0.15) is 0 Å². The lowest BCUT2D eigenvalue weighted by Gasteiger charge is -2.09. The maximum absolute atomic E-state index is 12.9. The van der Waals surface area contributed by atoms with Crippen molar-refractivity contribution in [2.45, 2.75) is 13.1 Å². The van der Waals surface area contributed by atoms with Crippen molar-refractivity contribution in [3.63, 3.8) is 0 Å². The molecule has 0 atom stereocenters. The number of nitrogens with zero attached hydrogens (tertiary/aromatic N) is 2. The molecule has 3 aromatic rings. The van der Waals surface area contributed by atoms with Crippen LogP contribution in [0.15, 0.2) is 48.5 Å². The summed E-state index contributed by atoms with van der Waals surface area (Å²) in [5.74, 6) is -0.635. The third-order valence-electron chi connectivity index (χ3n) is 3.76. The molecule has 0 bridgehead atoms. The number of ether oxygens (including phenoxy) is 1. The standard InChI is InChI=1S/C18H16FN3O3/c1-25-17(23)11-22-15-5-3-2-4-14(15)21-16(22)10-20-18(24)12-6-8-13(19)9-7-12/h2-9H,10-11H2,1H3,(H,20,24). The summed E-state index contributed by atoms with van der Waals surface area (Å²) in [5, 5.41) is 2.73. The van der Waals surface area contributed by atoms with Crippen molar-refractivity contribution in [3.8, 4) is 0 Å². The Kier molecular flexibility index (Phi) is 4.74. The first-order chi connectivity index (χ1) is 12.1. The summed E-state index contributed by atoms with van der Waals surface area (Å²) in [6, 6.07) is 12.6. The van der Waals surface area contributed by atoms with Crippen LogP contribution < -0.4 is 5.32 Å². The van der Waals surface area contributed by atoms with Gasteiger partial charge in [0.15, 0.2) is 0 Å². The summed E-state index contributed by atoms with van der Waals surface area (Å²) in [6.07, 6.45) is 0. The second-order valence-electron chi connectivity index (χ2n) is 5.37. The molecule has 1 aromatic heterocycles. The van der Waals surface area contributed by atoms with Crippen molar-refractivity contribution in [1.29, 1.82) is 0 Å². The Balaban J connectivity index is 1.82. The zero-order chi connectivity index (χ0) is 17.8. The third kappa shape index (κ3) is 3.65. The molecule has 25 heavy (non-hydrogen) atoms. The average molecular weight is 341 g/mol. The first-order valence-corrected chi connectivity index (χ1v) is 7.63. The van der Waals surface area contributed by atoms with E-state index in [9.17, 15) is 14.0 Å². The zero-order valence-corrected chi connectivity index (χ0v) is 13.5. The van der Waals surface area contributed by atoms with Crippen LogP contribution in [0, 0.1) is 5.82 Å². The molecule has 1 N–H and O–H groups in total. The predicted molar refractivity (Wildman–Crippen MR) is 89.3 cm³/mol. The van der Waals surface area contributed by atoms with Crippen molar-refractivity contribution < 1.29 is 18.7 Å². The lowest BCUT2D eigenvalue weighted by molar-refractivity contribution is -0.141. The van der Waals surface area contributed by atoms with Gasteiger partial charge in [-0.25, -0.2) is 9.37 Å². The highest BCUT2D eigenvalue weighted by molar-refractivity contribution is 5.94. The number of imidazole rings is 1. The van der Waals surface area contributed by atoms with Gasteiger partial charge in [-0.1, -0.05) is 12.1 Å². The molecule has 0 unspecified atom stereocenters. The molecule has 0 aliphatic rings. The molecule has 0 aliphatic heterocycles. The topological polar surface area (TPSA) is 73.2 Å². The van der Waals surface area contributed by atoms with Crippen molar-refractivity contribution in [2.75, 3.05) is 7.11 Å². The smallest absolute Gasteiger partial charge is 0.325 e. The molecule has 6 nitrogen and oxygen atoms in total. The lowest BCUT2D eigenvalue weighted by atomic mass is 10.2. The number of methoxy groups -OCH3 is 1. The Bertz CT molecular complexity index is 919. The van der Waals surface area contributed by atoms with Gasteiger partial charge in [0.25, 0.3) is 5.91 Å². The number of para-hydroxylation sites is 2. The molecule has 0 saturated carbocycles. The van der Waals surface area contributed by atoms with Gasteiger partial charge in [-0.05, 0) is 36.4 Å². The van der Waals surface area contributed by atoms with Crippen LogP contribution in [0.5, 0.6) is 0 Å². The van der Waals surface area contributed by atoms with Gasteiger partial charge in [-0.15, -0.1) is 0 Å². The van der Waals surface area contributed by atoms with E-state index in [2.05, 4.69) is 10.3 Å². The van der Waals surface area contributed by atoms with E-state index in [1.807, 2.05) is 24.3 Å². The largest absolute Gasteiger partial charge is 0.468 e. The Morgan fingerprint density at radius 3 is 2.60 bits per heavy atom. The maximum atomic E-state index is 12.9. The number of hydrogen-bond acceptors (Lipinski definition) is 4. The Labute approximate surface area is 143 Å². The predicted octanol–water partition coefficient (Wildman–Crippen LogP) is 2.28. The number of nitrogens with one attached hydrogen (secondary N) is 1. The van der Waals surface area contributed by atoms with E-state index in [0.717, 1.165) is 11.0 Å². The van der Waals surface area contributed by atoms with Gasteiger partial charge >= 0.3 is 5.97 Å².